The van der Waals surface area contributed by atoms with Crippen molar-refractivity contribution in [1.29, 1.82) is 5.26 Å². The molecule has 0 aliphatic carbocycles. The van der Waals surface area contributed by atoms with Gasteiger partial charge < -0.3 is 15.2 Å². The minimum atomic E-state index is -0.506. The van der Waals surface area contributed by atoms with E-state index in [1.54, 1.807) is 31.4 Å². The van der Waals surface area contributed by atoms with Crippen molar-refractivity contribution in [3.8, 4) is 17.6 Å². The van der Waals surface area contributed by atoms with Gasteiger partial charge in [-0.1, -0.05) is 6.07 Å². The van der Waals surface area contributed by atoms with Crippen LogP contribution in [0.4, 0.5) is 5.69 Å². The summed E-state index contributed by atoms with van der Waals surface area (Å²) in [6, 6.07) is 13.3. The molecule has 1 amide bonds. The summed E-state index contributed by atoms with van der Waals surface area (Å²) in [6.07, 6.45) is 1.53. The van der Waals surface area contributed by atoms with E-state index in [0.717, 1.165) is 11.1 Å². The second kappa shape index (κ2) is 7.14. The van der Waals surface area contributed by atoms with Crippen molar-refractivity contribution in [2.24, 2.45) is 0 Å². The van der Waals surface area contributed by atoms with Crippen LogP contribution in [0.3, 0.4) is 0 Å². The minimum Gasteiger partial charge on any atom is -0.508 e. The van der Waals surface area contributed by atoms with Crippen molar-refractivity contribution in [1.82, 2.24) is 0 Å². The molecule has 2 aromatic carbocycles. The fourth-order valence-electron chi connectivity index (χ4n) is 1.98. The molecule has 2 aromatic rings. The van der Waals surface area contributed by atoms with Gasteiger partial charge in [0.2, 0.25) is 0 Å². The van der Waals surface area contributed by atoms with Crippen molar-refractivity contribution >= 4 is 17.7 Å². The Balaban J connectivity index is 2.23. The van der Waals surface area contributed by atoms with E-state index in [0.29, 0.717) is 11.4 Å². The average molecular weight is 308 g/mol. The summed E-state index contributed by atoms with van der Waals surface area (Å²) < 4.78 is 5.13. The highest BCUT2D eigenvalue weighted by Gasteiger charge is 2.10. The van der Waals surface area contributed by atoms with Crippen LogP contribution in [0.15, 0.2) is 48.0 Å². The fraction of sp³-hybridized carbons (Fsp3) is 0.111. The highest BCUT2D eigenvalue weighted by Crippen LogP contribution is 2.20. The molecule has 0 heterocycles. The molecule has 0 saturated heterocycles. The summed E-state index contributed by atoms with van der Waals surface area (Å²) in [4.78, 5) is 12.2. The van der Waals surface area contributed by atoms with Gasteiger partial charge in [0.05, 0.1) is 7.11 Å². The van der Waals surface area contributed by atoms with Crippen LogP contribution < -0.4 is 10.1 Å². The van der Waals surface area contributed by atoms with E-state index in [4.69, 9.17) is 4.74 Å². The standard InChI is InChI=1S/C18H16N2O3/c1-12-9-17(23-2)8-3-13(12)10-14(11-19)18(22)20-15-4-6-16(21)7-5-15/h3-10,21H,1-2H3,(H,20,22)/b14-10+. The lowest BCUT2D eigenvalue weighted by molar-refractivity contribution is -0.112. The van der Waals surface area contributed by atoms with Gasteiger partial charge >= 0.3 is 0 Å². The molecule has 2 rings (SSSR count). The Kier molecular flexibility index (Phi) is 5.00. The molecule has 0 spiro atoms. The number of aryl methyl sites for hydroxylation is 1. The van der Waals surface area contributed by atoms with E-state index in [-0.39, 0.29) is 11.3 Å². The number of phenolic OH excluding ortho intramolecular Hbond substituents is 1. The molecule has 0 aliphatic heterocycles. The van der Waals surface area contributed by atoms with Crippen LogP contribution in [0.2, 0.25) is 0 Å². The highest BCUT2D eigenvalue weighted by molar-refractivity contribution is 6.09. The first-order valence-electron chi connectivity index (χ1n) is 6.90. The Labute approximate surface area is 134 Å². The van der Waals surface area contributed by atoms with Gasteiger partial charge in [0.25, 0.3) is 5.91 Å². The smallest absolute Gasteiger partial charge is 0.266 e. The van der Waals surface area contributed by atoms with Crippen molar-refractivity contribution in [2.75, 3.05) is 12.4 Å². The maximum absolute atomic E-state index is 12.2. The number of amides is 1. The number of hydrogen-bond acceptors (Lipinski definition) is 4. The Morgan fingerprint density at radius 3 is 2.52 bits per heavy atom. The third-order valence-electron chi connectivity index (χ3n) is 3.27. The number of ether oxygens (including phenoxy) is 1. The van der Waals surface area contributed by atoms with E-state index in [1.165, 1.54) is 18.2 Å². The van der Waals surface area contributed by atoms with Crippen LogP contribution in [0.5, 0.6) is 11.5 Å². The summed E-state index contributed by atoms with van der Waals surface area (Å²) in [5.41, 5.74) is 2.16. The molecule has 2 N–H and O–H groups in total. The number of benzene rings is 2. The maximum atomic E-state index is 12.2. The Morgan fingerprint density at radius 1 is 1.26 bits per heavy atom. The number of rotatable bonds is 4. The Hall–Kier alpha value is -3.26. The normalized spacial score (nSPS) is 10.7. The lowest BCUT2D eigenvalue weighted by atomic mass is 10.1. The van der Waals surface area contributed by atoms with Crippen molar-refractivity contribution in [2.45, 2.75) is 6.92 Å². The number of aromatic hydroxyl groups is 1. The van der Waals surface area contributed by atoms with E-state index in [1.807, 2.05) is 19.1 Å². The number of nitrogens with zero attached hydrogens (tertiary/aromatic N) is 1. The van der Waals surface area contributed by atoms with Crippen molar-refractivity contribution in [3.05, 3.63) is 59.2 Å². The number of carbonyl (C=O) groups is 1. The zero-order valence-electron chi connectivity index (χ0n) is 12.8. The molecule has 5 nitrogen and oxygen atoms in total. The van der Waals surface area contributed by atoms with E-state index < -0.39 is 5.91 Å². The van der Waals surface area contributed by atoms with Gasteiger partial charge in [0, 0.05) is 5.69 Å². The van der Waals surface area contributed by atoms with Gasteiger partial charge in [-0.25, -0.2) is 0 Å². The third-order valence-corrected chi connectivity index (χ3v) is 3.27. The van der Waals surface area contributed by atoms with Gasteiger partial charge in [-0.15, -0.1) is 0 Å². The molecule has 116 valence electrons. The second-order valence-electron chi connectivity index (χ2n) is 4.89. The molecular weight excluding hydrogens is 292 g/mol. The number of hydrogen-bond donors (Lipinski definition) is 2. The van der Waals surface area contributed by atoms with Gasteiger partial charge in [-0.2, -0.15) is 5.26 Å². The molecule has 0 radical (unpaired) electrons. The zero-order valence-corrected chi connectivity index (χ0v) is 12.8. The SMILES string of the molecule is COc1ccc(/C=C(\C#N)C(=O)Nc2ccc(O)cc2)c(C)c1. The number of phenols is 1. The van der Waals surface area contributed by atoms with E-state index in [9.17, 15) is 15.2 Å². The largest absolute Gasteiger partial charge is 0.508 e. The summed E-state index contributed by atoms with van der Waals surface area (Å²) >= 11 is 0. The molecule has 0 saturated carbocycles. The molecule has 23 heavy (non-hydrogen) atoms. The highest BCUT2D eigenvalue weighted by atomic mass is 16.5. The summed E-state index contributed by atoms with van der Waals surface area (Å²) in [5, 5.41) is 21.1. The topological polar surface area (TPSA) is 82.3 Å². The third kappa shape index (κ3) is 4.11. The van der Waals surface area contributed by atoms with Crippen LogP contribution in [-0.2, 0) is 4.79 Å². The van der Waals surface area contributed by atoms with Crippen LogP contribution in [-0.4, -0.2) is 18.1 Å². The second-order valence-corrected chi connectivity index (χ2v) is 4.89. The quantitative estimate of drug-likeness (QED) is 0.516. The van der Waals surface area contributed by atoms with Gasteiger partial charge in [0.1, 0.15) is 23.1 Å². The fourth-order valence-corrected chi connectivity index (χ4v) is 1.98. The van der Waals surface area contributed by atoms with Crippen LogP contribution in [0.25, 0.3) is 6.08 Å². The summed E-state index contributed by atoms with van der Waals surface area (Å²) in [6.45, 7) is 1.88. The molecule has 0 fully saturated rings. The molecule has 0 aliphatic rings. The molecule has 5 heteroatoms. The molecular formula is C18H16N2O3. The molecule has 0 aromatic heterocycles. The molecule has 0 unspecified atom stereocenters. The Morgan fingerprint density at radius 2 is 1.96 bits per heavy atom. The lowest BCUT2D eigenvalue weighted by Gasteiger charge is -2.06. The zero-order chi connectivity index (χ0) is 16.8. The predicted molar refractivity (Wildman–Crippen MR) is 88.1 cm³/mol. The number of carbonyl (C=O) groups excluding carboxylic acids is 1. The first-order valence-corrected chi connectivity index (χ1v) is 6.90. The first kappa shape index (κ1) is 16.1. The van der Waals surface area contributed by atoms with E-state index in [2.05, 4.69) is 5.32 Å². The van der Waals surface area contributed by atoms with Crippen LogP contribution in [0.1, 0.15) is 11.1 Å². The first-order chi connectivity index (χ1) is 11.0. The number of nitriles is 1. The number of methoxy groups -OCH3 is 1. The van der Waals surface area contributed by atoms with Gasteiger partial charge in [-0.05, 0) is 60.5 Å². The average Bonchev–Trinajstić information content (AvgIpc) is 2.55. The molecule has 0 bridgehead atoms. The number of nitrogens with one attached hydrogen (secondary N) is 1. The predicted octanol–water partition coefficient (Wildman–Crippen LogP) is 3.25. The summed E-state index contributed by atoms with van der Waals surface area (Å²) in [7, 11) is 1.58. The Bertz CT molecular complexity index is 787. The maximum Gasteiger partial charge on any atom is 0.266 e. The van der Waals surface area contributed by atoms with Crippen molar-refractivity contribution < 1.29 is 14.6 Å². The molecule has 0 atom stereocenters. The van der Waals surface area contributed by atoms with Gasteiger partial charge in [-0.3, -0.25) is 4.79 Å². The summed E-state index contributed by atoms with van der Waals surface area (Å²) in [5.74, 6) is 0.313. The van der Waals surface area contributed by atoms with Crippen LogP contribution >= 0.6 is 0 Å². The monoisotopic (exact) mass is 308 g/mol. The van der Waals surface area contributed by atoms with Crippen LogP contribution in [0, 0.1) is 18.3 Å². The van der Waals surface area contributed by atoms with E-state index >= 15 is 0 Å². The minimum absolute atomic E-state index is 0.00802. The number of anilines is 1. The lowest BCUT2D eigenvalue weighted by Crippen LogP contribution is -2.13. The van der Waals surface area contributed by atoms with Gasteiger partial charge in [0.15, 0.2) is 0 Å². The van der Waals surface area contributed by atoms with Crippen molar-refractivity contribution in [3.63, 3.8) is 0 Å².